The fourth-order valence-electron chi connectivity index (χ4n) is 1.78. The minimum absolute atomic E-state index is 0.0225. The van der Waals surface area contributed by atoms with Gasteiger partial charge in [0, 0.05) is 19.8 Å². The number of nitrogens with zero attached hydrogens (tertiary/aromatic N) is 1. The normalized spacial score (nSPS) is 20.3. The molecule has 0 bridgehead atoms. The quantitative estimate of drug-likeness (QED) is 0.825. The van der Waals surface area contributed by atoms with E-state index in [1.165, 1.54) is 12.5 Å². The molecule has 0 unspecified atom stereocenters. The summed E-state index contributed by atoms with van der Waals surface area (Å²) in [7, 11) is -3.46. The summed E-state index contributed by atoms with van der Waals surface area (Å²) < 4.78 is 31.6. The summed E-state index contributed by atoms with van der Waals surface area (Å²) in [6, 6.07) is 0. The van der Waals surface area contributed by atoms with Crippen molar-refractivity contribution in [2.75, 3.05) is 19.8 Å². The first-order valence-electron chi connectivity index (χ1n) is 5.58. The van der Waals surface area contributed by atoms with Crippen LogP contribution in [0.25, 0.3) is 0 Å². The molecule has 1 fully saturated rings. The molecule has 1 aliphatic rings. The Morgan fingerprint density at radius 2 is 2.24 bits per heavy atom. The number of hydrogen-bond donors (Lipinski definition) is 2. The first kappa shape index (κ1) is 12.5. The highest BCUT2D eigenvalue weighted by Gasteiger charge is 2.29. The average Bonchev–Trinajstić information content (AvgIpc) is 2.82. The third-order valence-corrected chi connectivity index (χ3v) is 4.48. The van der Waals surface area contributed by atoms with Gasteiger partial charge >= 0.3 is 0 Å². The van der Waals surface area contributed by atoms with Crippen molar-refractivity contribution in [2.24, 2.45) is 5.41 Å². The first-order valence-corrected chi connectivity index (χ1v) is 7.06. The Balaban J connectivity index is 1.98. The second kappa shape index (κ2) is 4.75. The first-order chi connectivity index (χ1) is 8.02. The zero-order valence-corrected chi connectivity index (χ0v) is 10.6. The molecule has 0 saturated carbocycles. The van der Waals surface area contributed by atoms with Crippen LogP contribution in [0, 0.1) is 5.41 Å². The van der Waals surface area contributed by atoms with Gasteiger partial charge in [-0.25, -0.2) is 18.1 Å². The molecule has 17 heavy (non-hydrogen) atoms. The lowest BCUT2D eigenvalue weighted by atomic mass is 9.83. The molecule has 1 aromatic rings. The average molecular weight is 259 g/mol. The molecule has 0 amide bonds. The molecule has 0 atom stereocenters. The maximum Gasteiger partial charge on any atom is 0.257 e. The number of hydrogen-bond acceptors (Lipinski definition) is 4. The fraction of sp³-hybridized carbons (Fsp3) is 0.700. The van der Waals surface area contributed by atoms with Crippen LogP contribution in [0.2, 0.25) is 0 Å². The Hall–Kier alpha value is -0.920. The highest BCUT2D eigenvalue weighted by Crippen LogP contribution is 2.29. The van der Waals surface area contributed by atoms with Crippen LogP contribution in [0.4, 0.5) is 0 Å². The summed E-state index contributed by atoms with van der Waals surface area (Å²) in [4.78, 5) is 6.30. The fourth-order valence-corrected chi connectivity index (χ4v) is 2.88. The van der Waals surface area contributed by atoms with Gasteiger partial charge in [0.1, 0.15) is 0 Å². The molecule has 0 spiro atoms. The maximum absolute atomic E-state index is 11.9. The number of ether oxygens (including phenoxy) is 1. The van der Waals surface area contributed by atoms with Crippen LogP contribution in [0.15, 0.2) is 17.6 Å². The molecule has 1 aromatic heterocycles. The summed E-state index contributed by atoms with van der Waals surface area (Å²) >= 11 is 0. The van der Waals surface area contributed by atoms with E-state index in [1.54, 1.807) is 0 Å². The van der Waals surface area contributed by atoms with Crippen molar-refractivity contribution in [1.82, 2.24) is 14.7 Å². The third kappa shape index (κ3) is 3.05. The van der Waals surface area contributed by atoms with Crippen LogP contribution in [0.5, 0.6) is 0 Å². The molecule has 1 aliphatic heterocycles. The van der Waals surface area contributed by atoms with Gasteiger partial charge in [0.2, 0.25) is 0 Å². The highest BCUT2D eigenvalue weighted by atomic mass is 32.2. The number of imidazole rings is 1. The van der Waals surface area contributed by atoms with Gasteiger partial charge in [0.25, 0.3) is 10.0 Å². The van der Waals surface area contributed by atoms with Crippen LogP contribution in [-0.4, -0.2) is 38.1 Å². The molecule has 6 nitrogen and oxygen atoms in total. The van der Waals surface area contributed by atoms with Gasteiger partial charge in [-0.3, -0.25) is 0 Å². The van der Waals surface area contributed by atoms with Crippen molar-refractivity contribution in [3.63, 3.8) is 0 Å². The second-order valence-corrected chi connectivity index (χ2v) is 6.40. The summed E-state index contributed by atoms with van der Waals surface area (Å²) in [5.41, 5.74) is -0.0225. The molecule has 0 aromatic carbocycles. The number of aromatic nitrogens is 2. The largest absolute Gasteiger partial charge is 0.381 e. The number of sulfonamides is 1. The SMILES string of the molecule is CC1(CNS(=O)(=O)c2cnc[nH]2)CCOCC1. The predicted octanol–water partition coefficient (Wildman–Crippen LogP) is 0.505. The molecule has 1 saturated heterocycles. The molecule has 2 N–H and O–H groups in total. The Morgan fingerprint density at radius 1 is 1.53 bits per heavy atom. The summed E-state index contributed by atoms with van der Waals surface area (Å²) in [5, 5.41) is 0.105. The van der Waals surface area contributed by atoms with Gasteiger partial charge in [0.15, 0.2) is 5.03 Å². The van der Waals surface area contributed by atoms with Crippen molar-refractivity contribution in [2.45, 2.75) is 24.8 Å². The standard InChI is InChI=1S/C10H17N3O3S/c1-10(2-4-16-5-3-10)7-13-17(14,15)9-6-11-8-12-9/h6,8,13H,2-5,7H2,1H3,(H,11,12). The van der Waals surface area contributed by atoms with E-state index in [-0.39, 0.29) is 10.4 Å². The topological polar surface area (TPSA) is 84.1 Å². The van der Waals surface area contributed by atoms with Gasteiger partial charge in [-0.15, -0.1) is 0 Å². The number of aromatic amines is 1. The monoisotopic (exact) mass is 259 g/mol. The molecule has 2 heterocycles. The van der Waals surface area contributed by atoms with Crippen molar-refractivity contribution >= 4 is 10.0 Å². The summed E-state index contributed by atoms with van der Waals surface area (Å²) in [5.74, 6) is 0. The number of nitrogens with one attached hydrogen (secondary N) is 2. The Kier molecular flexibility index (Phi) is 3.50. The minimum Gasteiger partial charge on any atom is -0.381 e. The Bertz CT molecular complexity index is 449. The molecular weight excluding hydrogens is 242 g/mol. The summed E-state index contributed by atoms with van der Waals surface area (Å²) in [6.07, 6.45) is 4.40. The van der Waals surface area contributed by atoms with Gasteiger partial charge in [0.05, 0.1) is 12.5 Å². The van der Waals surface area contributed by atoms with Crippen LogP contribution in [0.1, 0.15) is 19.8 Å². The smallest absolute Gasteiger partial charge is 0.257 e. The predicted molar refractivity (Wildman–Crippen MR) is 61.9 cm³/mol. The molecule has 2 rings (SSSR count). The Morgan fingerprint density at radius 3 is 2.82 bits per heavy atom. The van der Waals surface area contributed by atoms with Crippen molar-refractivity contribution in [1.29, 1.82) is 0 Å². The van der Waals surface area contributed by atoms with Crippen molar-refractivity contribution < 1.29 is 13.2 Å². The van der Waals surface area contributed by atoms with E-state index < -0.39 is 10.0 Å². The van der Waals surface area contributed by atoms with E-state index >= 15 is 0 Å². The lowest BCUT2D eigenvalue weighted by Gasteiger charge is -2.33. The third-order valence-electron chi connectivity index (χ3n) is 3.15. The van der Waals surface area contributed by atoms with E-state index in [4.69, 9.17) is 4.74 Å². The molecule has 0 aliphatic carbocycles. The second-order valence-electron chi connectivity index (χ2n) is 4.66. The minimum atomic E-state index is -3.46. The van der Waals surface area contributed by atoms with Crippen LogP contribution >= 0.6 is 0 Å². The summed E-state index contributed by atoms with van der Waals surface area (Å²) in [6.45, 7) is 3.90. The molecular formula is C10H17N3O3S. The van der Waals surface area contributed by atoms with Gasteiger partial charge in [-0.2, -0.15) is 0 Å². The van der Waals surface area contributed by atoms with Gasteiger partial charge in [-0.1, -0.05) is 6.92 Å². The number of H-pyrrole nitrogens is 1. The zero-order valence-electron chi connectivity index (χ0n) is 9.77. The van der Waals surface area contributed by atoms with E-state index in [0.717, 1.165) is 12.8 Å². The molecule has 0 radical (unpaired) electrons. The van der Waals surface area contributed by atoms with E-state index in [1.807, 2.05) is 0 Å². The maximum atomic E-state index is 11.9. The van der Waals surface area contributed by atoms with Crippen LogP contribution in [-0.2, 0) is 14.8 Å². The highest BCUT2D eigenvalue weighted by molar-refractivity contribution is 7.89. The van der Waals surface area contributed by atoms with Crippen LogP contribution in [0.3, 0.4) is 0 Å². The van der Waals surface area contributed by atoms with Crippen LogP contribution < -0.4 is 4.72 Å². The molecule has 96 valence electrons. The Labute approximate surface area is 101 Å². The van der Waals surface area contributed by atoms with E-state index in [0.29, 0.717) is 19.8 Å². The van der Waals surface area contributed by atoms with E-state index in [2.05, 4.69) is 21.6 Å². The van der Waals surface area contributed by atoms with E-state index in [9.17, 15) is 8.42 Å². The number of rotatable bonds is 4. The lowest BCUT2D eigenvalue weighted by molar-refractivity contribution is 0.0264. The van der Waals surface area contributed by atoms with Gasteiger partial charge < -0.3 is 9.72 Å². The molecule has 7 heteroatoms. The zero-order chi connectivity index (χ0) is 12.4. The van der Waals surface area contributed by atoms with Gasteiger partial charge in [-0.05, 0) is 18.3 Å². The van der Waals surface area contributed by atoms with Crippen molar-refractivity contribution in [3.05, 3.63) is 12.5 Å². The lowest BCUT2D eigenvalue weighted by Crippen LogP contribution is -2.39. The van der Waals surface area contributed by atoms with Crippen molar-refractivity contribution in [3.8, 4) is 0 Å².